The molecule has 7 heteroatoms. The van der Waals surface area contributed by atoms with Gasteiger partial charge in [0, 0.05) is 12.1 Å². The number of hydrogen-bond donors (Lipinski definition) is 2. The van der Waals surface area contributed by atoms with E-state index in [4.69, 9.17) is 5.11 Å². The average Bonchev–Trinajstić information content (AvgIpc) is 2.60. The number of ketones is 1. The van der Waals surface area contributed by atoms with Gasteiger partial charge in [-0.05, 0) is 48.4 Å². The minimum absolute atomic E-state index is 0.0256. The van der Waals surface area contributed by atoms with Crippen molar-refractivity contribution in [1.82, 2.24) is 4.72 Å². The molecule has 0 heterocycles. The monoisotopic (exact) mass is 373 g/mol. The van der Waals surface area contributed by atoms with Gasteiger partial charge in [-0.2, -0.15) is 0 Å². The molecular weight excluding hydrogens is 354 g/mol. The van der Waals surface area contributed by atoms with Crippen molar-refractivity contribution >= 4 is 27.9 Å². The fraction of sp³-hybridized carbons (Fsp3) is 0.158. The number of carboxylic acid groups (broad SMARTS) is 1. The molecule has 0 amide bonds. The maximum Gasteiger partial charge on any atom is 0.304 e. The largest absolute Gasteiger partial charge is 0.481 e. The summed E-state index contributed by atoms with van der Waals surface area (Å²) in [6.07, 6.45) is 2.85. The molecule has 6 nitrogen and oxygen atoms in total. The minimum Gasteiger partial charge on any atom is -0.481 e. The lowest BCUT2D eigenvalue weighted by atomic mass is 10.1. The molecular formula is C19H19NO5S. The second-order valence-corrected chi connectivity index (χ2v) is 7.39. The van der Waals surface area contributed by atoms with Gasteiger partial charge in [-0.1, -0.05) is 30.3 Å². The number of rotatable bonds is 8. The number of sulfonamides is 1. The summed E-state index contributed by atoms with van der Waals surface area (Å²) < 4.78 is 26.3. The summed E-state index contributed by atoms with van der Waals surface area (Å²) in [5, 5.41) is 8.55. The van der Waals surface area contributed by atoms with Crippen molar-refractivity contribution in [3.8, 4) is 0 Å². The molecule has 0 aliphatic heterocycles. The average molecular weight is 373 g/mol. The molecule has 0 radical (unpaired) electrons. The van der Waals surface area contributed by atoms with Crippen molar-refractivity contribution in [2.45, 2.75) is 18.2 Å². The van der Waals surface area contributed by atoms with Crippen LogP contribution in [0.25, 0.3) is 6.08 Å². The Morgan fingerprint density at radius 3 is 2.35 bits per heavy atom. The zero-order chi connectivity index (χ0) is 19.2. The number of aliphatic carboxylic acids is 1. The molecule has 0 aromatic heterocycles. The highest BCUT2D eigenvalue weighted by Gasteiger charge is 2.14. The van der Waals surface area contributed by atoms with Crippen LogP contribution in [0.4, 0.5) is 0 Å². The van der Waals surface area contributed by atoms with Crippen molar-refractivity contribution in [3.05, 3.63) is 71.3 Å². The first-order valence-corrected chi connectivity index (χ1v) is 9.37. The van der Waals surface area contributed by atoms with Crippen LogP contribution in [-0.4, -0.2) is 31.8 Å². The SMILES string of the molecule is Cc1ccccc1/C=C/C(=O)c1ccc(S(=O)(=O)NCCC(=O)O)cc1. The van der Waals surface area contributed by atoms with E-state index in [1.54, 1.807) is 6.08 Å². The predicted molar refractivity (Wildman–Crippen MR) is 98.4 cm³/mol. The van der Waals surface area contributed by atoms with Crippen molar-refractivity contribution in [2.24, 2.45) is 0 Å². The molecule has 2 N–H and O–H groups in total. The van der Waals surface area contributed by atoms with Crippen LogP contribution >= 0.6 is 0 Å². The number of carboxylic acids is 1. The van der Waals surface area contributed by atoms with E-state index >= 15 is 0 Å². The lowest BCUT2D eigenvalue weighted by Gasteiger charge is -2.06. The topological polar surface area (TPSA) is 101 Å². The van der Waals surface area contributed by atoms with Crippen molar-refractivity contribution < 1.29 is 23.1 Å². The van der Waals surface area contributed by atoms with Crippen LogP contribution in [0.3, 0.4) is 0 Å². The molecule has 26 heavy (non-hydrogen) atoms. The third-order valence-electron chi connectivity index (χ3n) is 3.68. The summed E-state index contributed by atoms with van der Waals surface area (Å²) in [5.41, 5.74) is 2.34. The van der Waals surface area contributed by atoms with Crippen molar-refractivity contribution in [3.63, 3.8) is 0 Å². The van der Waals surface area contributed by atoms with Crippen LogP contribution in [0, 0.1) is 6.92 Å². The molecule has 0 bridgehead atoms. The van der Waals surface area contributed by atoms with Gasteiger partial charge in [-0.3, -0.25) is 9.59 Å². The van der Waals surface area contributed by atoms with Gasteiger partial charge in [0.15, 0.2) is 5.78 Å². The Balaban J connectivity index is 2.07. The Hall–Kier alpha value is -2.77. The molecule has 2 aromatic carbocycles. The molecule has 136 valence electrons. The summed E-state index contributed by atoms with van der Waals surface area (Å²) in [4.78, 5) is 22.6. The summed E-state index contributed by atoms with van der Waals surface area (Å²) in [6, 6.07) is 13.1. The van der Waals surface area contributed by atoms with Crippen LogP contribution in [0.2, 0.25) is 0 Å². The normalized spacial score (nSPS) is 11.6. The zero-order valence-electron chi connectivity index (χ0n) is 14.2. The van der Waals surface area contributed by atoms with Gasteiger partial charge < -0.3 is 5.11 Å². The zero-order valence-corrected chi connectivity index (χ0v) is 15.0. The molecule has 2 aromatic rings. The lowest BCUT2D eigenvalue weighted by Crippen LogP contribution is -2.26. The minimum atomic E-state index is -3.80. The fourth-order valence-corrected chi connectivity index (χ4v) is 3.24. The fourth-order valence-electron chi connectivity index (χ4n) is 2.21. The number of aryl methyl sites for hydroxylation is 1. The second-order valence-electron chi connectivity index (χ2n) is 5.62. The molecule has 0 saturated heterocycles. The van der Waals surface area contributed by atoms with Gasteiger partial charge in [0.05, 0.1) is 11.3 Å². The van der Waals surface area contributed by atoms with Gasteiger partial charge >= 0.3 is 5.97 Å². The van der Waals surface area contributed by atoms with Gasteiger partial charge in [0.1, 0.15) is 0 Å². The number of allylic oxidation sites excluding steroid dienone is 1. The Kier molecular flexibility index (Phi) is 6.43. The van der Waals surface area contributed by atoms with Crippen LogP contribution in [-0.2, 0) is 14.8 Å². The van der Waals surface area contributed by atoms with Crippen LogP contribution < -0.4 is 4.72 Å². The van der Waals surface area contributed by atoms with Crippen molar-refractivity contribution in [1.29, 1.82) is 0 Å². The molecule has 0 atom stereocenters. The van der Waals surface area contributed by atoms with Gasteiger partial charge in [-0.15, -0.1) is 0 Å². The number of carbonyl (C=O) groups excluding carboxylic acids is 1. The molecule has 0 unspecified atom stereocenters. The van der Waals surface area contributed by atoms with Gasteiger partial charge in [0.25, 0.3) is 0 Å². The summed E-state index contributed by atoms with van der Waals surface area (Å²) in [6.45, 7) is 1.75. The number of hydrogen-bond acceptors (Lipinski definition) is 4. The van der Waals surface area contributed by atoms with E-state index in [2.05, 4.69) is 4.72 Å². The maximum atomic E-state index is 12.2. The van der Waals surface area contributed by atoms with E-state index < -0.39 is 16.0 Å². The van der Waals surface area contributed by atoms with E-state index in [1.165, 1.54) is 30.3 Å². The van der Waals surface area contributed by atoms with Gasteiger partial charge in [0.2, 0.25) is 10.0 Å². The first-order valence-electron chi connectivity index (χ1n) is 7.89. The number of benzene rings is 2. The molecule has 2 rings (SSSR count). The summed E-state index contributed by atoms with van der Waals surface area (Å²) >= 11 is 0. The Labute approximate surface area is 152 Å². The first kappa shape index (κ1) is 19.6. The van der Waals surface area contributed by atoms with E-state index in [1.807, 2.05) is 31.2 Å². The number of nitrogens with one attached hydrogen (secondary N) is 1. The molecule has 0 aliphatic carbocycles. The third-order valence-corrected chi connectivity index (χ3v) is 5.16. The highest BCUT2D eigenvalue weighted by atomic mass is 32.2. The highest BCUT2D eigenvalue weighted by molar-refractivity contribution is 7.89. The molecule has 0 saturated carbocycles. The molecule has 0 aliphatic rings. The van der Waals surface area contributed by atoms with E-state index in [0.717, 1.165) is 11.1 Å². The van der Waals surface area contributed by atoms with Crippen molar-refractivity contribution in [2.75, 3.05) is 6.54 Å². The smallest absolute Gasteiger partial charge is 0.304 e. The Morgan fingerprint density at radius 1 is 1.08 bits per heavy atom. The summed E-state index contributed by atoms with van der Waals surface area (Å²) in [7, 11) is -3.80. The third kappa shape index (κ3) is 5.37. The second kappa shape index (κ2) is 8.55. The molecule has 0 fully saturated rings. The van der Waals surface area contributed by atoms with Gasteiger partial charge in [-0.25, -0.2) is 13.1 Å². The molecule has 0 spiro atoms. The van der Waals surface area contributed by atoms with E-state index in [0.29, 0.717) is 5.56 Å². The number of carbonyl (C=O) groups is 2. The highest BCUT2D eigenvalue weighted by Crippen LogP contribution is 2.13. The van der Waals surface area contributed by atoms with Crippen LogP contribution in [0.15, 0.2) is 59.5 Å². The predicted octanol–water partition coefficient (Wildman–Crippen LogP) is 2.64. The Bertz CT molecular complexity index is 931. The van der Waals surface area contributed by atoms with Crippen LogP contribution in [0.5, 0.6) is 0 Å². The maximum absolute atomic E-state index is 12.2. The standard InChI is InChI=1S/C19H19NO5S/c1-14-4-2-3-5-15(14)8-11-18(21)16-6-9-17(10-7-16)26(24,25)20-13-12-19(22)23/h2-11,20H,12-13H2,1H3,(H,22,23)/b11-8+. The van der Waals surface area contributed by atoms with E-state index in [9.17, 15) is 18.0 Å². The van der Waals surface area contributed by atoms with E-state index in [-0.39, 0.29) is 23.6 Å². The summed E-state index contributed by atoms with van der Waals surface area (Å²) in [5.74, 6) is -1.33. The first-order chi connectivity index (χ1) is 12.3. The Morgan fingerprint density at radius 2 is 1.73 bits per heavy atom. The quantitative estimate of drug-likeness (QED) is 0.547. The lowest BCUT2D eigenvalue weighted by molar-refractivity contribution is -0.136. The van der Waals surface area contributed by atoms with Crippen LogP contribution in [0.1, 0.15) is 27.9 Å².